The van der Waals surface area contributed by atoms with Gasteiger partial charge in [0.15, 0.2) is 0 Å². The number of hydrogen-bond donors (Lipinski definition) is 1. The average molecular weight is 304 g/mol. The Kier molecular flexibility index (Phi) is 4.67. The van der Waals surface area contributed by atoms with Crippen LogP contribution in [0.2, 0.25) is 9.36 Å². The number of rotatable bonds is 5. The molecule has 0 radical (unpaired) electrons. The molecule has 0 aromatic carbocycles. The van der Waals surface area contributed by atoms with E-state index in [0.29, 0.717) is 5.02 Å². The molecule has 0 bridgehead atoms. The zero-order valence-corrected chi connectivity index (χ0v) is 12.6. The molecule has 0 fully saturated rings. The minimum Gasteiger partial charge on any atom is -0.307 e. The quantitative estimate of drug-likeness (QED) is 0.906. The summed E-state index contributed by atoms with van der Waals surface area (Å²) in [5, 5.41) is 8.29. The maximum Gasteiger partial charge on any atom is 0.0931 e. The van der Waals surface area contributed by atoms with E-state index in [9.17, 15) is 0 Å². The van der Waals surface area contributed by atoms with E-state index in [1.165, 1.54) is 0 Å². The molecule has 1 atom stereocenters. The van der Waals surface area contributed by atoms with E-state index >= 15 is 0 Å². The fourth-order valence-electron chi connectivity index (χ4n) is 1.95. The van der Waals surface area contributed by atoms with Crippen molar-refractivity contribution in [2.45, 2.75) is 25.9 Å². The Morgan fingerprint density at radius 3 is 2.78 bits per heavy atom. The summed E-state index contributed by atoms with van der Waals surface area (Å²) in [6.45, 7) is 2.98. The van der Waals surface area contributed by atoms with E-state index in [0.717, 1.165) is 27.9 Å². The normalized spacial score (nSPS) is 12.9. The van der Waals surface area contributed by atoms with Gasteiger partial charge in [0.2, 0.25) is 0 Å². The lowest BCUT2D eigenvalue weighted by atomic mass is 10.1. The molecule has 0 aliphatic rings. The second kappa shape index (κ2) is 6.06. The molecule has 2 aromatic rings. The number of thiophene rings is 1. The Morgan fingerprint density at radius 2 is 2.22 bits per heavy atom. The van der Waals surface area contributed by atoms with Gasteiger partial charge in [0, 0.05) is 11.4 Å². The van der Waals surface area contributed by atoms with Gasteiger partial charge in [-0.3, -0.25) is 4.68 Å². The van der Waals surface area contributed by atoms with Crippen LogP contribution in [0.3, 0.4) is 0 Å². The highest BCUT2D eigenvalue weighted by molar-refractivity contribution is 7.16. The molecule has 0 amide bonds. The maximum atomic E-state index is 6.26. The van der Waals surface area contributed by atoms with Crippen molar-refractivity contribution in [3.8, 4) is 0 Å². The van der Waals surface area contributed by atoms with Crippen LogP contribution in [0.1, 0.15) is 30.0 Å². The van der Waals surface area contributed by atoms with Crippen LogP contribution in [0.4, 0.5) is 0 Å². The fourth-order valence-corrected chi connectivity index (χ4v) is 3.37. The Balaban J connectivity index is 2.41. The molecule has 2 rings (SSSR count). The molecule has 2 aromatic heterocycles. The largest absolute Gasteiger partial charge is 0.307 e. The highest BCUT2D eigenvalue weighted by atomic mass is 35.5. The third-order valence-electron chi connectivity index (χ3n) is 2.71. The zero-order chi connectivity index (χ0) is 13.1. The van der Waals surface area contributed by atoms with Gasteiger partial charge in [0.25, 0.3) is 0 Å². The number of aryl methyl sites for hydroxylation is 1. The maximum absolute atomic E-state index is 6.26. The van der Waals surface area contributed by atoms with Crippen LogP contribution in [-0.4, -0.2) is 16.8 Å². The predicted octanol–water partition coefficient (Wildman–Crippen LogP) is 3.97. The van der Waals surface area contributed by atoms with Gasteiger partial charge in [-0.25, -0.2) is 0 Å². The number of aromatic nitrogens is 2. The van der Waals surface area contributed by atoms with Gasteiger partial charge in [0.1, 0.15) is 0 Å². The molecule has 3 nitrogen and oxygen atoms in total. The summed E-state index contributed by atoms with van der Waals surface area (Å²) in [6, 6.07) is 3.96. The Morgan fingerprint density at radius 1 is 1.44 bits per heavy atom. The van der Waals surface area contributed by atoms with Crippen molar-refractivity contribution in [1.29, 1.82) is 0 Å². The molecule has 0 saturated carbocycles. The first-order valence-electron chi connectivity index (χ1n) is 5.81. The molecule has 0 aliphatic carbocycles. The highest BCUT2D eigenvalue weighted by Crippen LogP contribution is 2.33. The third-order valence-corrected chi connectivity index (χ3v) is 4.30. The molecule has 2 heterocycles. The van der Waals surface area contributed by atoms with Crippen molar-refractivity contribution < 1.29 is 0 Å². The van der Waals surface area contributed by atoms with Gasteiger partial charge in [-0.1, -0.05) is 30.1 Å². The standard InChI is InChI=1S/C12H15Cl2N3S/c1-3-6-17-12(8(13)7-16-17)11(15-2)9-4-5-10(14)18-9/h4-5,7,11,15H,3,6H2,1-2H3. The Labute approximate surface area is 121 Å². The second-order valence-electron chi connectivity index (χ2n) is 3.96. The van der Waals surface area contributed by atoms with Crippen LogP contribution in [0.15, 0.2) is 18.3 Å². The van der Waals surface area contributed by atoms with Crippen LogP contribution in [0, 0.1) is 0 Å². The van der Waals surface area contributed by atoms with Gasteiger partial charge in [-0.2, -0.15) is 5.10 Å². The number of halogens is 2. The second-order valence-corrected chi connectivity index (χ2v) is 6.12. The molecule has 0 spiro atoms. The van der Waals surface area contributed by atoms with Gasteiger partial charge in [0.05, 0.1) is 27.3 Å². The van der Waals surface area contributed by atoms with Crippen molar-refractivity contribution in [2.24, 2.45) is 0 Å². The monoisotopic (exact) mass is 303 g/mol. The zero-order valence-electron chi connectivity index (χ0n) is 10.3. The van der Waals surface area contributed by atoms with E-state index in [2.05, 4.69) is 17.3 Å². The van der Waals surface area contributed by atoms with Crippen molar-refractivity contribution in [2.75, 3.05) is 7.05 Å². The molecule has 0 aliphatic heterocycles. The van der Waals surface area contributed by atoms with Crippen molar-refractivity contribution in [1.82, 2.24) is 15.1 Å². The van der Waals surface area contributed by atoms with Crippen molar-refractivity contribution in [3.63, 3.8) is 0 Å². The summed E-state index contributed by atoms with van der Waals surface area (Å²) in [5.74, 6) is 0. The molecular weight excluding hydrogens is 289 g/mol. The SMILES string of the molecule is CCCn1ncc(Cl)c1C(NC)c1ccc(Cl)s1. The number of hydrogen-bond acceptors (Lipinski definition) is 3. The summed E-state index contributed by atoms with van der Waals surface area (Å²) in [6.07, 6.45) is 2.72. The average Bonchev–Trinajstić information content (AvgIpc) is 2.91. The summed E-state index contributed by atoms with van der Waals surface area (Å²) >= 11 is 13.8. The Bertz CT molecular complexity index is 521. The smallest absolute Gasteiger partial charge is 0.0931 e. The van der Waals surface area contributed by atoms with E-state index in [-0.39, 0.29) is 6.04 Å². The lowest BCUT2D eigenvalue weighted by molar-refractivity contribution is 0.538. The lowest BCUT2D eigenvalue weighted by Crippen LogP contribution is -2.21. The van der Waals surface area contributed by atoms with Gasteiger partial charge < -0.3 is 5.32 Å². The molecule has 6 heteroatoms. The van der Waals surface area contributed by atoms with Gasteiger partial charge in [-0.15, -0.1) is 11.3 Å². The van der Waals surface area contributed by atoms with Gasteiger partial charge in [-0.05, 0) is 25.6 Å². The van der Waals surface area contributed by atoms with Gasteiger partial charge >= 0.3 is 0 Å². The first kappa shape index (κ1) is 13.9. The molecule has 1 unspecified atom stereocenters. The summed E-state index contributed by atoms with van der Waals surface area (Å²) in [7, 11) is 1.91. The predicted molar refractivity (Wildman–Crippen MR) is 77.8 cm³/mol. The Hall–Kier alpha value is -0.550. The van der Waals surface area contributed by atoms with E-state index in [1.807, 2.05) is 23.9 Å². The number of nitrogens with zero attached hydrogens (tertiary/aromatic N) is 2. The van der Waals surface area contributed by atoms with Crippen LogP contribution in [0.5, 0.6) is 0 Å². The summed E-state index contributed by atoms with van der Waals surface area (Å²) in [4.78, 5) is 1.14. The third kappa shape index (κ3) is 2.72. The van der Waals surface area contributed by atoms with Crippen molar-refractivity contribution >= 4 is 34.5 Å². The number of nitrogens with one attached hydrogen (secondary N) is 1. The minimum absolute atomic E-state index is 0.0315. The molecule has 98 valence electrons. The molecular formula is C12H15Cl2N3S. The molecule has 0 saturated heterocycles. The first-order valence-corrected chi connectivity index (χ1v) is 7.38. The van der Waals surface area contributed by atoms with E-state index in [1.54, 1.807) is 17.5 Å². The topological polar surface area (TPSA) is 29.9 Å². The molecule has 1 N–H and O–H groups in total. The van der Waals surface area contributed by atoms with E-state index in [4.69, 9.17) is 23.2 Å². The fraction of sp³-hybridized carbons (Fsp3) is 0.417. The lowest BCUT2D eigenvalue weighted by Gasteiger charge is -2.17. The first-order chi connectivity index (χ1) is 8.67. The van der Waals surface area contributed by atoms with Crippen molar-refractivity contribution in [3.05, 3.63) is 38.3 Å². The minimum atomic E-state index is 0.0315. The van der Waals surface area contributed by atoms with Crippen LogP contribution in [-0.2, 0) is 6.54 Å². The molecule has 18 heavy (non-hydrogen) atoms. The highest BCUT2D eigenvalue weighted by Gasteiger charge is 2.21. The van der Waals surface area contributed by atoms with E-state index < -0.39 is 0 Å². The summed E-state index contributed by atoms with van der Waals surface area (Å²) in [5.41, 5.74) is 1.000. The van der Waals surface area contributed by atoms with Crippen LogP contribution >= 0.6 is 34.5 Å². The summed E-state index contributed by atoms with van der Waals surface area (Å²) < 4.78 is 2.74. The van der Waals surface area contributed by atoms with Crippen LogP contribution < -0.4 is 5.32 Å². The van der Waals surface area contributed by atoms with Crippen LogP contribution in [0.25, 0.3) is 0 Å².